The van der Waals surface area contributed by atoms with Crippen LogP contribution in [0.3, 0.4) is 0 Å². The monoisotopic (exact) mass is 374 g/mol. The van der Waals surface area contributed by atoms with Crippen LogP contribution in [0.15, 0.2) is 61.2 Å². The molecule has 2 N–H and O–H groups in total. The molecule has 2 aromatic heterocycles. The number of aromatic amines is 1. The van der Waals surface area contributed by atoms with Crippen LogP contribution in [0, 0.1) is 5.92 Å². The minimum Gasteiger partial charge on any atom is -0.342 e. The second-order valence-corrected chi connectivity index (χ2v) is 6.91. The average molecular weight is 374 g/mol. The van der Waals surface area contributed by atoms with Gasteiger partial charge >= 0.3 is 0 Å². The highest BCUT2D eigenvalue weighted by Crippen LogP contribution is 2.16. The normalized spacial score (nSPS) is 12.2. The number of fused-ring (bicyclic) bond motifs is 1. The van der Waals surface area contributed by atoms with Gasteiger partial charge in [0.2, 0.25) is 5.91 Å². The summed E-state index contributed by atoms with van der Waals surface area (Å²) in [4.78, 5) is 24.3. The first-order chi connectivity index (χ1) is 13.7. The molecular formula is C21H22N6O. The maximum Gasteiger partial charge on any atom is 0.229 e. The van der Waals surface area contributed by atoms with Crippen molar-refractivity contribution in [1.29, 1.82) is 0 Å². The van der Waals surface area contributed by atoms with Crippen LogP contribution in [0.25, 0.3) is 11.0 Å². The fourth-order valence-corrected chi connectivity index (χ4v) is 3.15. The molecule has 0 aliphatic carbocycles. The van der Waals surface area contributed by atoms with Crippen molar-refractivity contribution < 1.29 is 4.79 Å². The molecule has 0 fully saturated rings. The molecular weight excluding hydrogens is 352 g/mol. The van der Waals surface area contributed by atoms with E-state index in [1.165, 1.54) is 6.33 Å². The summed E-state index contributed by atoms with van der Waals surface area (Å²) in [6.07, 6.45) is 4.74. The number of aryl methyl sites for hydroxylation is 2. The van der Waals surface area contributed by atoms with E-state index in [0.717, 1.165) is 41.0 Å². The van der Waals surface area contributed by atoms with Crippen LogP contribution in [0.2, 0.25) is 0 Å². The summed E-state index contributed by atoms with van der Waals surface area (Å²) in [6.45, 7) is 2.38. The molecule has 2 aromatic carbocycles. The van der Waals surface area contributed by atoms with Crippen molar-refractivity contribution in [2.45, 2.75) is 26.3 Å². The minimum absolute atomic E-state index is 0.0371. The highest BCUT2D eigenvalue weighted by atomic mass is 16.1. The first-order valence-electron chi connectivity index (χ1n) is 9.33. The van der Waals surface area contributed by atoms with Gasteiger partial charge in [-0.25, -0.2) is 9.97 Å². The highest BCUT2D eigenvalue weighted by molar-refractivity contribution is 5.92. The quantitative estimate of drug-likeness (QED) is 0.520. The zero-order valence-electron chi connectivity index (χ0n) is 15.7. The molecule has 7 heteroatoms. The topological polar surface area (TPSA) is 88.5 Å². The summed E-state index contributed by atoms with van der Waals surface area (Å²) in [6, 6.07) is 16.0. The predicted octanol–water partition coefficient (Wildman–Crippen LogP) is 3.21. The Morgan fingerprint density at radius 3 is 2.89 bits per heavy atom. The van der Waals surface area contributed by atoms with Gasteiger partial charge in [-0.05, 0) is 36.2 Å². The first-order valence-corrected chi connectivity index (χ1v) is 9.33. The van der Waals surface area contributed by atoms with E-state index < -0.39 is 0 Å². The number of imidazole rings is 1. The Kier molecular flexibility index (Phi) is 5.14. The second-order valence-electron chi connectivity index (χ2n) is 6.91. The van der Waals surface area contributed by atoms with E-state index in [2.05, 4.69) is 31.4 Å². The molecule has 4 rings (SSSR count). The van der Waals surface area contributed by atoms with Crippen LogP contribution >= 0.6 is 0 Å². The Morgan fingerprint density at radius 2 is 2.07 bits per heavy atom. The largest absolute Gasteiger partial charge is 0.342 e. The van der Waals surface area contributed by atoms with Crippen LogP contribution in [-0.4, -0.2) is 30.6 Å². The molecule has 2 heterocycles. The van der Waals surface area contributed by atoms with Gasteiger partial charge in [0.25, 0.3) is 0 Å². The second kappa shape index (κ2) is 8.04. The fraction of sp³-hybridized carbons (Fsp3) is 0.238. The van der Waals surface area contributed by atoms with Crippen LogP contribution in [0.1, 0.15) is 18.3 Å². The van der Waals surface area contributed by atoms with E-state index in [4.69, 9.17) is 0 Å². The third-order valence-corrected chi connectivity index (χ3v) is 4.66. The van der Waals surface area contributed by atoms with Gasteiger partial charge < -0.3 is 10.3 Å². The van der Waals surface area contributed by atoms with Crippen LogP contribution in [0.5, 0.6) is 0 Å². The molecule has 0 bridgehead atoms. The molecule has 0 aliphatic heterocycles. The van der Waals surface area contributed by atoms with Crippen molar-refractivity contribution in [3.05, 3.63) is 72.6 Å². The molecule has 0 saturated heterocycles. The lowest BCUT2D eigenvalue weighted by molar-refractivity contribution is -0.119. The van der Waals surface area contributed by atoms with E-state index >= 15 is 0 Å². The minimum atomic E-state index is -0.207. The summed E-state index contributed by atoms with van der Waals surface area (Å²) in [7, 11) is 0. The number of aromatic nitrogens is 5. The lowest BCUT2D eigenvalue weighted by Crippen LogP contribution is -2.24. The van der Waals surface area contributed by atoms with Crippen molar-refractivity contribution in [2.24, 2.45) is 5.92 Å². The highest BCUT2D eigenvalue weighted by Gasteiger charge is 2.14. The SMILES string of the molecule is C[C@H](Cn1cncn1)C(=O)Nc1cccc(CCc2nc3ccccc3[nH]2)c1. The van der Waals surface area contributed by atoms with E-state index in [1.54, 1.807) is 11.0 Å². The zero-order valence-corrected chi connectivity index (χ0v) is 15.7. The maximum atomic E-state index is 12.4. The van der Waals surface area contributed by atoms with Crippen molar-refractivity contribution in [3.63, 3.8) is 0 Å². The number of amides is 1. The van der Waals surface area contributed by atoms with E-state index in [-0.39, 0.29) is 11.8 Å². The lowest BCUT2D eigenvalue weighted by Gasteiger charge is -2.12. The van der Waals surface area contributed by atoms with Gasteiger partial charge in [0.15, 0.2) is 0 Å². The molecule has 0 unspecified atom stereocenters. The zero-order chi connectivity index (χ0) is 19.3. The summed E-state index contributed by atoms with van der Waals surface area (Å²) >= 11 is 0. The molecule has 0 radical (unpaired) electrons. The number of carbonyl (C=O) groups excluding carboxylic acids is 1. The molecule has 1 atom stereocenters. The smallest absolute Gasteiger partial charge is 0.229 e. The number of anilines is 1. The third-order valence-electron chi connectivity index (χ3n) is 4.66. The first kappa shape index (κ1) is 17.9. The number of benzene rings is 2. The van der Waals surface area contributed by atoms with Gasteiger partial charge in [0.05, 0.1) is 23.5 Å². The number of rotatable bonds is 7. The lowest BCUT2D eigenvalue weighted by atomic mass is 10.1. The molecule has 4 aromatic rings. The standard InChI is InChI=1S/C21H22N6O/c1-15(12-27-14-22-13-23-27)21(28)24-17-6-4-5-16(11-17)9-10-20-25-18-7-2-3-8-19(18)26-20/h2-8,11,13-15H,9-10,12H2,1H3,(H,24,28)(H,25,26)/t15-/m1/s1. The van der Waals surface area contributed by atoms with Gasteiger partial charge in [0.1, 0.15) is 18.5 Å². The molecule has 0 spiro atoms. The van der Waals surface area contributed by atoms with E-state index in [9.17, 15) is 4.79 Å². The van der Waals surface area contributed by atoms with Crippen LogP contribution < -0.4 is 5.32 Å². The molecule has 142 valence electrons. The molecule has 0 saturated carbocycles. The third kappa shape index (κ3) is 4.25. The molecule has 28 heavy (non-hydrogen) atoms. The predicted molar refractivity (Wildman–Crippen MR) is 108 cm³/mol. The molecule has 0 aliphatic rings. The van der Waals surface area contributed by atoms with Crippen molar-refractivity contribution in [2.75, 3.05) is 5.32 Å². The molecule has 7 nitrogen and oxygen atoms in total. The Bertz CT molecular complexity index is 1040. The van der Waals surface area contributed by atoms with E-state index in [0.29, 0.717) is 6.54 Å². The Hall–Kier alpha value is -3.48. The average Bonchev–Trinajstić information content (AvgIpc) is 3.35. The Labute approximate surface area is 162 Å². The van der Waals surface area contributed by atoms with Crippen LogP contribution in [0.4, 0.5) is 5.69 Å². The number of carbonyl (C=O) groups is 1. The van der Waals surface area contributed by atoms with Gasteiger partial charge in [-0.3, -0.25) is 9.48 Å². The number of nitrogens with one attached hydrogen (secondary N) is 2. The van der Waals surface area contributed by atoms with Gasteiger partial charge in [-0.15, -0.1) is 0 Å². The van der Waals surface area contributed by atoms with Gasteiger partial charge in [-0.2, -0.15) is 5.10 Å². The number of H-pyrrole nitrogens is 1. The number of nitrogens with zero attached hydrogens (tertiary/aromatic N) is 4. The number of hydrogen-bond acceptors (Lipinski definition) is 4. The Balaban J connectivity index is 1.36. The number of hydrogen-bond donors (Lipinski definition) is 2. The van der Waals surface area contributed by atoms with Crippen molar-refractivity contribution in [1.82, 2.24) is 24.7 Å². The maximum absolute atomic E-state index is 12.4. The van der Waals surface area contributed by atoms with E-state index in [1.807, 2.05) is 49.4 Å². The molecule has 1 amide bonds. The fourth-order valence-electron chi connectivity index (χ4n) is 3.15. The van der Waals surface area contributed by atoms with Crippen molar-refractivity contribution >= 4 is 22.6 Å². The van der Waals surface area contributed by atoms with Gasteiger partial charge in [0, 0.05) is 12.1 Å². The summed E-state index contributed by atoms with van der Waals surface area (Å²) in [5.41, 5.74) is 4.00. The van der Waals surface area contributed by atoms with Crippen LogP contribution in [-0.2, 0) is 24.2 Å². The number of para-hydroxylation sites is 2. The summed E-state index contributed by atoms with van der Waals surface area (Å²) < 4.78 is 1.66. The van der Waals surface area contributed by atoms with Gasteiger partial charge in [-0.1, -0.05) is 31.2 Å². The van der Waals surface area contributed by atoms with Crippen molar-refractivity contribution in [3.8, 4) is 0 Å². The summed E-state index contributed by atoms with van der Waals surface area (Å²) in [5.74, 6) is 0.725. The Morgan fingerprint density at radius 1 is 1.18 bits per heavy atom. The summed E-state index contributed by atoms with van der Waals surface area (Å²) in [5, 5.41) is 7.04.